The molecule has 1 aromatic carbocycles. The van der Waals surface area contributed by atoms with E-state index in [1.165, 1.54) is 6.07 Å². The van der Waals surface area contributed by atoms with E-state index < -0.39 is 0 Å². The van der Waals surface area contributed by atoms with Gasteiger partial charge in [0.05, 0.1) is 5.56 Å². The molecule has 0 saturated carbocycles. The minimum absolute atomic E-state index is 0.270. The Balaban J connectivity index is 2.17. The predicted molar refractivity (Wildman–Crippen MR) is 71.9 cm³/mol. The Kier molecular flexibility index (Phi) is 3.08. The number of hydrogen-bond acceptors (Lipinski definition) is 5. The van der Waals surface area contributed by atoms with Crippen molar-refractivity contribution in [1.29, 1.82) is 0 Å². The van der Waals surface area contributed by atoms with E-state index in [4.69, 9.17) is 0 Å². The van der Waals surface area contributed by atoms with E-state index in [2.05, 4.69) is 25.3 Å². The molecule has 3 rings (SSSR count). The van der Waals surface area contributed by atoms with Gasteiger partial charge in [-0.15, -0.1) is 0 Å². The molecule has 2 aromatic heterocycles. The number of nitrogens with zero attached hydrogens (tertiary/aromatic N) is 5. The highest BCUT2D eigenvalue weighted by Gasteiger charge is 2.12. The molecule has 0 radical (unpaired) electrons. The van der Waals surface area contributed by atoms with Gasteiger partial charge in [0.1, 0.15) is 12.1 Å². The van der Waals surface area contributed by atoms with Gasteiger partial charge in [-0.05, 0) is 12.1 Å². The second-order valence-corrected chi connectivity index (χ2v) is 3.98. The van der Waals surface area contributed by atoms with Crippen LogP contribution in [0.4, 0.5) is 10.3 Å². The summed E-state index contributed by atoms with van der Waals surface area (Å²) in [6.07, 6.45) is 4.89. The lowest BCUT2D eigenvalue weighted by atomic mass is 10.2. The quantitative estimate of drug-likeness (QED) is 0.787. The highest BCUT2D eigenvalue weighted by Crippen LogP contribution is 2.20. The first-order valence-electron chi connectivity index (χ1n) is 5.95. The van der Waals surface area contributed by atoms with Gasteiger partial charge in [-0.3, -0.25) is 4.57 Å². The highest BCUT2D eigenvalue weighted by molar-refractivity contribution is 5.57. The molecule has 7 heteroatoms. The van der Waals surface area contributed by atoms with E-state index in [0.717, 1.165) is 0 Å². The molecule has 2 heterocycles. The van der Waals surface area contributed by atoms with Crippen molar-refractivity contribution < 1.29 is 4.39 Å². The maximum absolute atomic E-state index is 13.8. The zero-order chi connectivity index (χ0) is 13.9. The fraction of sp³-hybridized carbons (Fsp3) is 0.0769. The highest BCUT2D eigenvalue weighted by atomic mass is 19.1. The van der Waals surface area contributed by atoms with Crippen LogP contribution in [-0.4, -0.2) is 31.6 Å². The van der Waals surface area contributed by atoms with Crippen LogP contribution in [0.3, 0.4) is 0 Å². The third-order valence-corrected chi connectivity index (χ3v) is 2.70. The summed E-state index contributed by atoms with van der Waals surface area (Å²) in [7, 11) is 1.69. The third-order valence-electron chi connectivity index (χ3n) is 2.70. The zero-order valence-corrected chi connectivity index (χ0v) is 10.7. The van der Waals surface area contributed by atoms with Gasteiger partial charge < -0.3 is 5.32 Å². The monoisotopic (exact) mass is 270 g/mol. The summed E-state index contributed by atoms with van der Waals surface area (Å²) in [6, 6.07) is 6.35. The van der Waals surface area contributed by atoms with E-state index in [1.54, 1.807) is 48.5 Å². The molecule has 20 heavy (non-hydrogen) atoms. The second-order valence-electron chi connectivity index (χ2n) is 3.98. The second kappa shape index (κ2) is 5.04. The van der Waals surface area contributed by atoms with Gasteiger partial charge in [0, 0.05) is 19.4 Å². The van der Waals surface area contributed by atoms with Gasteiger partial charge in [-0.1, -0.05) is 12.1 Å². The normalized spacial score (nSPS) is 10.5. The van der Waals surface area contributed by atoms with Crippen molar-refractivity contribution in [1.82, 2.24) is 24.5 Å². The van der Waals surface area contributed by atoms with Crippen molar-refractivity contribution in [2.75, 3.05) is 12.4 Å². The molecule has 0 spiro atoms. The Morgan fingerprint density at radius 1 is 1.15 bits per heavy atom. The first-order chi connectivity index (χ1) is 9.78. The number of hydrogen-bond donors (Lipinski definition) is 1. The number of nitrogens with one attached hydrogen (secondary N) is 1. The van der Waals surface area contributed by atoms with E-state index in [0.29, 0.717) is 17.5 Å². The van der Waals surface area contributed by atoms with Gasteiger partial charge in [0.15, 0.2) is 5.82 Å². The van der Waals surface area contributed by atoms with Crippen LogP contribution < -0.4 is 5.32 Å². The fourth-order valence-electron chi connectivity index (χ4n) is 1.73. The van der Waals surface area contributed by atoms with Gasteiger partial charge >= 0.3 is 0 Å². The lowest BCUT2D eigenvalue weighted by Crippen LogP contribution is -2.07. The minimum atomic E-state index is -0.377. The Morgan fingerprint density at radius 3 is 2.70 bits per heavy atom. The van der Waals surface area contributed by atoms with Crippen molar-refractivity contribution >= 4 is 5.95 Å². The number of rotatable bonds is 3. The van der Waals surface area contributed by atoms with Crippen molar-refractivity contribution in [3.8, 4) is 17.3 Å². The van der Waals surface area contributed by atoms with E-state index in [9.17, 15) is 4.39 Å². The molecule has 0 amide bonds. The first-order valence-corrected chi connectivity index (χ1v) is 5.95. The molecule has 3 aromatic rings. The maximum atomic E-state index is 13.8. The van der Waals surface area contributed by atoms with Crippen LogP contribution in [-0.2, 0) is 0 Å². The smallest absolute Gasteiger partial charge is 0.240 e. The number of imidazole rings is 1. The molecule has 0 saturated heterocycles. The molecule has 0 atom stereocenters. The van der Waals surface area contributed by atoms with Gasteiger partial charge in [0.25, 0.3) is 0 Å². The van der Waals surface area contributed by atoms with E-state index in [-0.39, 0.29) is 11.6 Å². The Bertz CT molecular complexity index is 725. The van der Waals surface area contributed by atoms with Crippen molar-refractivity contribution in [3.05, 3.63) is 48.8 Å². The first kappa shape index (κ1) is 12.2. The Hall–Kier alpha value is -2.83. The molecule has 0 unspecified atom stereocenters. The topological polar surface area (TPSA) is 68.5 Å². The van der Waals surface area contributed by atoms with Gasteiger partial charge in [-0.25, -0.2) is 9.37 Å². The number of halogens is 1. The predicted octanol–water partition coefficient (Wildman–Crippen LogP) is 1.91. The number of benzene rings is 1. The average molecular weight is 270 g/mol. The standard InChI is InChI=1S/C13H11FN6/c1-15-12-17-11(9-4-2-3-5-10(9)14)18-13(19-12)20-7-6-16-8-20/h2-8H,1H3,(H,15,17,18,19). The summed E-state index contributed by atoms with van der Waals surface area (Å²) in [4.78, 5) is 16.6. The zero-order valence-electron chi connectivity index (χ0n) is 10.7. The molecule has 0 aliphatic rings. The van der Waals surface area contributed by atoms with Crippen LogP contribution in [0.2, 0.25) is 0 Å². The summed E-state index contributed by atoms with van der Waals surface area (Å²) >= 11 is 0. The Morgan fingerprint density at radius 2 is 2.00 bits per heavy atom. The SMILES string of the molecule is CNc1nc(-c2ccccc2F)nc(-n2ccnc2)n1. The number of anilines is 1. The summed E-state index contributed by atoms with van der Waals surface area (Å²) in [6.45, 7) is 0. The summed E-state index contributed by atoms with van der Waals surface area (Å²) in [5.74, 6) is 0.630. The largest absolute Gasteiger partial charge is 0.357 e. The van der Waals surface area contributed by atoms with Crippen LogP contribution in [0, 0.1) is 5.82 Å². The van der Waals surface area contributed by atoms with Crippen LogP contribution in [0.15, 0.2) is 43.0 Å². The van der Waals surface area contributed by atoms with Crippen LogP contribution in [0.5, 0.6) is 0 Å². The third kappa shape index (κ3) is 2.20. The molecule has 0 aliphatic heterocycles. The van der Waals surface area contributed by atoms with E-state index >= 15 is 0 Å². The summed E-state index contributed by atoms with van der Waals surface area (Å²) < 4.78 is 15.5. The molecule has 1 N–H and O–H groups in total. The summed E-state index contributed by atoms with van der Waals surface area (Å²) in [5.41, 5.74) is 0.327. The minimum Gasteiger partial charge on any atom is -0.357 e. The van der Waals surface area contributed by atoms with Crippen molar-refractivity contribution in [3.63, 3.8) is 0 Å². The van der Waals surface area contributed by atoms with Crippen LogP contribution >= 0.6 is 0 Å². The maximum Gasteiger partial charge on any atom is 0.240 e. The fourth-order valence-corrected chi connectivity index (χ4v) is 1.73. The lowest BCUT2D eigenvalue weighted by molar-refractivity contribution is 0.629. The van der Waals surface area contributed by atoms with Crippen molar-refractivity contribution in [2.24, 2.45) is 0 Å². The van der Waals surface area contributed by atoms with Crippen molar-refractivity contribution in [2.45, 2.75) is 0 Å². The van der Waals surface area contributed by atoms with Gasteiger partial charge in [0.2, 0.25) is 11.9 Å². The lowest BCUT2D eigenvalue weighted by Gasteiger charge is -2.07. The van der Waals surface area contributed by atoms with Crippen LogP contribution in [0.25, 0.3) is 17.3 Å². The molecule has 0 aliphatic carbocycles. The molecule has 0 fully saturated rings. The van der Waals surface area contributed by atoms with E-state index in [1.807, 2.05) is 0 Å². The summed E-state index contributed by atoms with van der Waals surface area (Å²) in [5, 5.41) is 2.84. The molecule has 100 valence electrons. The molecular formula is C13H11FN6. The molecule has 6 nitrogen and oxygen atoms in total. The van der Waals surface area contributed by atoms with Gasteiger partial charge in [-0.2, -0.15) is 15.0 Å². The number of aromatic nitrogens is 5. The molecule has 0 bridgehead atoms. The average Bonchev–Trinajstić information content (AvgIpc) is 3.01. The Labute approximate surface area is 114 Å². The molecular weight excluding hydrogens is 259 g/mol. The van der Waals surface area contributed by atoms with Crippen LogP contribution in [0.1, 0.15) is 0 Å².